The first-order valence-corrected chi connectivity index (χ1v) is 3.60. The van der Waals surface area contributed by atoms with Crippen LogP contribution < -0.4 is 5.73 Å². The Hall–Kier alpha value is -1.02. The molecule has 0 aromatic carbocycles. The van der Waals surface area contributed by atoms with Crippen molar-refractivity contribution in [3.05, 3.63) is 35.8 Å². The molecule has 0 amide bonds. The molecule has 0 bridgehead atoms. The number of hydrogen-bond acceptors (Lipinski definition) is 2. The molecule has 1 heterocycles. The van der Waals surface area contributed by atoms with Crippen LogP contribution in [0, 0.1) is 13.8 Å². The summed E-state index contributed by atoms with van der Waals surface area (Å²) in [5.74, 6) is 1.72. The number of furan rings is 1. The summed E-state index contributed by atoms with van der Waals surface area (Å²) in [5, 5.41) is 0. The summed E-state index contributed by atoms with van der Waals surface area (Å²) in [5.41, 5.74) is 6.80. The maximum atomic E-state index is 5.66. The fourth-order valence-corrected chi connectivity index (χ4v) is 0.882. The van der Waals surface area contributed by atoms with Gasteiger partial charge in [-0.1, -0.05) is 6.08 Å². The van der Waals surface area contributed by atoms with Crippen molar-refractivity contribution in [3.63, 3.8) is 0 Å². The van der Waals surface area contributed by atoms with Crippen molar-refractivity contribution in [2.45, 2.75) is 19.9 Å². The molecule has 2 nitrogen and oxygen atoms in total. The van der Waals surface area contributed by atoms with Gasteiger partial charge >= 0.3 is 0 Å². The summed E-state index contributed by atoms with van der Waals surface area (Å²) in [6.07, 6.45) is 1.66. The number of nitrogens with two attached hydrogens (primary N) is 1. The lowest BCUT2D eigenvalue weighted by molar-refractivity contribution is 0.468. The molecule has 1 aromatic rings. The highest BCUT2D eigenvalue weighted by atomic mass is 16.3. The fourth-order valence-electron chi connectivity index (χ4n) is 0.882. The lowest BCUT2D eigenvalue weighted by Gasteiger charge is -1.98. The Labute approximate surface area is 66.7 Å². The van der Waals surface area contributed by atoms with Gasteiger partial charge in [0.05, 0.1) is 6.04 Å². The molecule has 2 N–H and O–H groups in total. The van der Waals surface area contributed by atoms with Gasteiger partial charge in [0.15, 0.2) is 0 Å². The van der Waals surface area contributed by atoms with Crippen LogP contribution in [0.5, 0.6) is 0 Å². The van der Waals surface area contributed by atoms with Crippen LogP contribution in [0.25, 0.3) is 0 Å². The molecule has 60 valence electrons. The number of hydrogen-bond donors (Lipinski definition) is 1. The average Bonchev–Trinajstić information content (AvgIpc) is 2.31. The predicted molar refractivity (Wildman–Crippen MR) is 45.3 cm³/mol. The third-order valence-electron chi connectivity index (χ3n) is 1.77. The standard InChI is InChI=1S/C9H13NO/c1-4-8(10)9-5-6(2)7(3)11-9/h4-5,8H,1,10H2,2-3H3. The molecule has 0 aliphatic carbocycles. The SMILES string of the molecule is C=CC(N)c1cc(C)c(C)o1. The van der Waals surface area contributed by atoms with Gasteiger partial charge in [0, 0.05) is 0 Å². The van der Waals surface area contributed by atoms with Gasteiger partial charge < -0.3 is 10.2 Å². The Kier molecular flexibility index (Phi) is 2.15. The van der Waals surface area contributed by atoms with E-state index in [9.17, 15) is 0 Å². The number of aryl methyl sites for hydroxylation is 2. The Bertz CT molecular complexity index is 243. The normalized spacial score (nSPS) is 13.0. The number of rotatable bonds is 2. The molecule has 1 rings (SSSR count). The summed E-state index contributed by atoms with van der Waals surface area (Å²) < 4.78 is 5.37. The summed E-state index contributed by atoms with van der Waals surface area (Å²) >= 11 is 0. The van der Waals surface area contributed by atoms with Crippen molar-refractivity contribution in [1.29, 1.82) is 0 Å². The quantitative estimate of drug-likeness (QED) is 0.657. The van der Waals surface area contributed by atoms with Crippen LogP contribution in [-0.2, 0) is 0 Å². The van der Waals surface area contributed by atoms with E-state index in [4.69, 9.17) is 10.2 Å². The molecule has 0 fully saturated rings. The second-order valence-corrected chi connectivity index (χ2v) is 2.65. The molecular formula is C9H13NO. The van der Waals surface area contributed by atoms with E-state index >= 15 is 0 Å². The Morgan fingerprint density at radius 1 is 1.64 bits per heavy atom. The van der Waals surface area contributed by atoms with Crippen LogP contribution >= 0.6 is 0 Å². The third kappa shape index (κ3) is 1.52. The van der Waals surface area contributed by atoms with E-state index in [-0.39, 0.29) is 6.04 Å². The second kappa shape index (κ2) is 2.93. The van der Waals surface area contributed by atoms with Crippen LogP contribution in [0.15, 0.2) is 23.1 Å². The molecule has 0 aliphatic heterocycles. The van der Waals surface area contributed by atoms with Crippen LogP contribution in [0.4, 0.5) is 0 Å². The molecule has 1 aromatic heterocycles. The molecule has 1 atom stereocenters. The smallest absolute Gasteiger partial charge is 0.125 e. The van der Waals surface area contributed by atoms with E-state index in [2.05, 4.69) is 6.58 Å². The zero-order valence-electron chi connectivity index (χ0n) is 6.92. The van der Waals surface area contributed by atoms with E-state index in [1.54, 1.807) is 6.08 Å². The molecule has 0 saturated heterocycles. The van der Waals surface area contributed by atoms with Gasteiger partial charge in [0.25, 0.3) is 0 Å². The van der Waals surface area contributed by atoms with Crippen LogP contribution in [0.2, 0.25) is 0 Å². The third-order valence-corrected chi connectivity index (χ3v) is 1.77. The van der Waals surface area contributed by atoms with Gasteiger partial charge in [-0.2, -0.15) is 0 Å². The zero-order chi connectivity index (χ0) is 8.43. The monoisotopic (exact) mass is 151 g/mol. The molecule has 0 radical (unpaired) electrons. The lowest BCUT2D eigenvalue weighted by Crippen LogP contribution is -2.04. The highest BCUT2D eigenvalue weighted by Gasteiger charge is 2.07. The van der Waals surface area contributed by atoms with Crippen LogP contribution in [-0.4, -0.2) is 0 Å². The van der Waals surface area contributed by atoms with Crippen LogP contribution in [0.1, 0.15) is 23.1 Å². The zero-order valence-corrected chi connectivity index (χ0v) is 6.92. The maximum absolute atomic E-state index is 5.66. The van der Waals surface area contributed by atoms with Crippen LogP contribution in [0.3, 0.4) is 0 Å². The molecule has 0 aliphatic rings. The lowest BCUT2D eigenvalue weighted by atomic mass is 10.2. The molecule has 11 heavy (non-hydrogen) atoms. The molecule has 0 saturated carbocycles. The van der Waals surface area contributed by atoms with Gasteiger partial charge in [0.2, 0.25) is 0 Å². The van der Waals surface area contributed by atoms with E-state index in [1.165, 1.54) is 0 Å². The van der Waals surface area contributed by atoms with Gasteiger partial charge in [-0.05, 0) is 25.5 Å². The summed E-state index contributed by atoms with van der Waals surface area (Å²) in [6.45, 7) is 7.51. The molecule has 0 spiro atoms. The minimum absolute atomic E-state index is 0.178. The fraction of sp³-hybridized carbons (Fsp3) is 0.333. The molecular weight excluding hydrogens is 138 g/mol. The first-order chi connectivity index (χ1) is 5.15. The first kappa shape index (κ1) is 8.08. The highest BCUT2D eigenvalue weighted by molar-refractivity contribution is 5.22. The summed E-state index contributed by atoms with van der Waals surface area (Å²) in [4.78, 5) is 0. The van der Waals surface area contributed by atoms with Crippen molar-refractivity contribution in [2.24, 2.45) is 5.73 Å². The minimum atomic E-state index is -0.178. The first-order valence-electron chi connectivity index (χ1n) is 3.60. The molecule has 2 heteroatoms. The summed E-state index contributed by atoms with van der Waals surface area (Å²) in [7, 11) is 0. The largest absolute Gasteiger partial charge is 0.464 e. The Balaban J connectivity index is 2.96. The van der Waals surface area contributed by atoms with Gasteiger partial charge in [-0.15, -0.1) is 6.58 Å². The van der Waals surface area contributed by atoms with Gasteiger partial charge in [-0.3, -0.25) is 0 Å². The predicted octanol–water partition coefficient (Wildman–Crippen LogP) is 2.08. The van der Waals surface area contributed by atoms with Crippen molar-refractivity contribution in [3.8, 4) is 0 Å². The van der Waals surface area contributed by atoms with Gasteiger partial charge in [0.1, 0.15) is 11.5 Å². The van der Waals surface area contributed by atoms with E-state index < -0.39 is 0 Å². The van der Waals surface area contributed by atoms with E-state index in [0.717, 1.165) is 17.1 Å². The van der Waals surface area contributed by atoms with Gasteiger partial charge in [-0.25, -0.2) is 0 Å². The molecule has 1 unspecified atom stereocenters. The van der Waals surface area contributed by atoms with E-state index in [1.807, 2.05) is 19.9 Å². The van der Waals surface area contributed by atoms with Crippen molar-refractivity contribution >= 4 is 0 Å². The van der Waals surface area contributed by atoms with E-state index in [0.29, 0.717) is 0 Å². The van der Waals surface area contributed by atoms with Crippen molar-refractivity contribution in [2.75, 3.05) is 0 Å². The Morgan fingerprint density at radius 2 is 2.27 bits per heavy atom. The summed E-state index contributed by atoms with van der Waals surface area (Å²) in [6, 6.07) is 1.77. The van der Waals surface area contributed by atoms with Crippen molar-refractivity contribution < 1.29 is 4.42 Å². The Morgan fingerprint density at radius 3 is 2.64 bits per heavy atom. The maximum Gasteiger partial charge on any atom is 0.125 e. The van der Waals surface area contributed by atoms with Crippen molar-refractivity contribution in [1.82, 2.24) is 0 Å². The second-order valence-electron chi connectivity index (χ2n) is 2.65. The highest BCUT2D eigenvalue weighted by Crippen LogP contribution is 2.18. The minimum Gasteiger partial charge on any atom is -0.464 e. The average molecular weight is 151 g/mol. The topological polar surface area (TPSA) is 39.2 Å².